The molecule has 1 aromatic carbocycles. The summed E-state index contributed by atoms with van der Waals surface area (Å²) in [6.45, 7) is 1.98. The van der Waals surface area contributed by atoms with Crippen molar-refractivity contribution in [3.63, 3.8) is 0 Å². The summed E-state index contributed by atoms with van der Waals surface area (Å²) in [5.74, 6) is 0. The Morgan fingerprint density at radius 1 is 1.22 bits per heavy atom. The van der Waals surface area contributed by atoms with Gasteiger partial charge in [-0.3, -0.25) is 0 Å². The molecule has 18 heavy (non-hydrogen) atoms. The van der Waals surface area contributed by atoms with E-state index in [-0.39, 0.29) is 0 Å². The van der Waals surface area contributed by atoms with Gasteiger partial charge in [-0.15, -0.1) is 0 Å². The Hall–Kier alpha value is -2.14. The van der Waals surface area contributed by atoms with Crippen molar-refractivity contribution in [1.29, 1.82) is 0 Å². The minimum Gasteiger partial charge on any atom is -0.337 e. The fourth-order valence-corrected chi connectivity index (χ4v) is 2.10. The summed E-state index contributed by atoms with van der Waals surface area (Å²) < 4.78 is 2.52. The van der Waals surface area contributed by atoms with Crippen molar-refractivity contribution in [3.05, 3.63) is 53.1 Å². The van der Waals surface area contributed by atoms with E-state index < -0.39 is 0 Å². The van der Waals surface area contributed by atoms with E-state index in [1.165, 1.54) is 0 Å². The Morgan fingerprint density at radius 3 is 2.67 bits per heavy atom. The van der Waals surface area contributed by atoms with E-state index in [1.807, 2.05) is 54.2 Å². The van der Waals surface area contributed by atoms with Gasteiger partial charge in [-0.1, -0.05) is 18.2 Å². The number of aromatic amines is 2. The van der Waals surface area contributed by atoms with E-state index >= 15 is 0 Å². The zero-order chi connectivity index (χ0) is 12.5. The van der Waals surface area contributed by atoms with Gasteiger partial charge in [-0.2, -0.15) is 5.10 Å². The van der Waals surface area contributed by atoms with Gasteiger partial charge in [-0.25, -0.2) is 4.68 Å². The number of hydrogen-bond donors (Lipinski definition) is 2. The lowest BCUT2D eigenvalue weighted by atomic mass is 10.3. The van der Waals surface area contributed by atoms with Crippen LogP contribution in [-0.2, 0) is 0 Å². The smallest absolute Gasteiger partial charge is 0.174 e. The predicted molar refractivity (Wildman–Crippen MR) is 73.3 cm³/mol. The highest BCUT2D eigenvalue weighted by Gasteiger charge is 2.10. The number of hydrogen-bond acceptors (Lipinski definition) is 2. The number of rotatable bonds is 2. The van der Waals surface area contributed by atoms with Crippen LogP contribution in [0.3, 0.4) is 0 Å². The number of benzene rings is 1. The molecule has 0 saturated heterocycles. The summed E-state index contributed by atoms with van der Waals surface area (Å²) >= 11 is 5.06. The molecule has 2 N–H and O–H groups in total. The quantitative estimate of drug-likeness (QED) is 0.692. The second-order valence-corrected chi connectivity index (χ2v) is 4.48. The molecule has 0 spiro atoms. The summed E-state index contributed by atoms with van der Waals surface area (Å²) in [4.78, 5) is 6.09. The van der Waals surface area contributed by atoms with Crippen molar-refractivity contribution < 1.29 is 0 Å². The molecule has 3 rings (SSSR count). The number of aromatic nitrogens is 4. The highest BCUT2D eigenvalue weighted by atomic mass is 32.1. The minimum absolute atomic E-state index is 0.614. The van der Waals surface area contributed by atoms with Crippen molar-refractivity contribution in [1.82, 2.24) is 19.7 Å². The number of nitrogens with zero attached hydrogens (tertiary/aromatic N) is 2. The molecule has 0 radical (unpaired) electrons. The summed E-state index contributed by atoms with van der Waals surface area (Å²) in [5, 5.41) is 4.52. The molecular weight excluding hydrogens is 244 g/mol. The topological polar surface area (TPSA) is 49.4 Å². The zero-order valence-corrected chi connectivity index (χ0v) is 10.7. The first kappa shape index (κ1) is 11.0. The first-order chi connectivity index (χ1) is 8.74. The molecule has 0 fully saturated rings. The van der Waals surface area contributed by atoms with Crippen LogP contribution in [0, 0.1) is 11.7 Å². The van der Waals surface area contributed by atoms with Gasteiger partial charge in [-0.05, 0) is 37.3 Å². The van der Waals surface area contributed by atoms with E-state index in [0.717, 1.165) is 22.8 Å². The monoisotopic (exact) mass is 256 g/mol. The first-order valence-corrected chi connectivity index (χ1v) is 6.05. The van der Waals surface area contributed by atoms with E-state index in [4.69, 9.17) is 12.2 Å². The summed E-state index contributed by atoms with van der Waals surface area (Å²) in [6.07, 6.45) is 1.86. The Morgan fingerprint density at radius 2 is 2.00 bits per heavy atom. The van der Waals surface area contributed by atoms with Gasteiger partial charge in [0, 0.05) is 6.20 Å². The molecule has 2 heterocycles. The lowest BCUT2D eigenvalue weighted by molar-refractivity contribution is 0.867. The van der Waals surface area contributed by atoms with Crippen LogP contribution in [-0.4, -0.2) is 19.7 Å². The number of nitrogens with one attached hydrogen (secondary N) is 2. The molecule has 0 aliphatic rings. The lowest BCUT2D eigenvalue weighted by Crippen LogP contribution is -1.98. The van der Waals surface area contributed by atoms with Gasteiger partial charge in [0.1, 0.15) is 0 Å². The van der Waals surface area contributed by atoms with Crippen molar-refractivity contribution >= 4 is 12.2 Å². The third kappa shape index (κ3) is 1.89. The van der Waals surface area contributed by atoms with Gasteiger partial charge in [0.15, 0.2) is 4.77 Å². The van der Waals surface area contributed by atoms with Crippen LogP contribution < -0.4 is 0 Å². The van der Waals surface area contributed by atoms with Crippen LogP contribution in [0.4, 0.5) is 0 Å². The molecular formula is C13H12N4S. The Bertz CT molecular complexity index is 721. The van der Waals surface area contributed by atoms with Crippen molar-refractivity contribution in [2.75, 3.05) is 0 Å². The molecule has 5 heteroatoms. The Labute approximate surface area is 109 Å². The van der Waals surface area contributed by atoms with Crippen LogP contribution >= 0.6 is 12.2 Å². The van der Waals surface area contributed by atoms with Gasteiger partial charge in [0.05, 0.1) is 22.8 Å². The maximum Gasteiger partial charge on any atom is 0.174 e. The molecule has 2 aromatic heterocycles. The number of aryl methyl sites for hydroxylation is 1. The number of para-hydroxylation sites is 1. The third-order valence-corrected chi connectivity index (χ3v) is 2.92. The lowest BCUT2D eigenvalue weighted by Gasteiger charge is -2.05. The number of imidazole rings is 1. The molecule has 0 aliphatic carbocycles. The average molecular weight is 256 g/mol. The molecule has 0 atom stereocenters. The standard InChI is InChI=1S/C13H12N4S/c1-9-7-12(11-8-14-13(18)15-11)17(16-9)10-5-3-2-4-6-10/h2-8H,1H3,(H2,14,15,18). The summed E-state index contributed by atoms with van der Waals surface area (Å²) in [7, 11) is 0. The van der Waals surface area contributed by atoms with Gasteiger partial charge in [0.25, 0.3) is 0 Å². The van der Waals surface area contributed by atoms with Gasteiger partial charge < -0.3 is 9.97 Å². The molecule has 0 aliphatic heterocycles. The van der Waals surface area contributed by atoms with E-state index in [0.29, 0.717) is 4.77 Å². The Kier molecular flexibility index (Phi) is 2.60. The van der Waals surface area contributed by atoms with Crippen LogP contribution in [0.15, 0.2) is 42.6 Å². The van der Waals surface area contributed by atoms with Gasteiger partial charge >= 0.3 is 0 Å². The molecule has 0 unspecified atom stereocenters. The van der Waals surface area contributed by atoms with Crippen LogP contribution in [0.5, 0.6) is 0 Å². The second kappa shape index (κ2) is 4.27. The predicted octanol–water partition coefficient (Wildman–Crippen LogP) is 3.23. The van der Waals surface area contributed by atoms with Crippen LogP contribution in [0.2, 0.25) is 0 Å². The van der Waals surface area contributed by atoms with Crippen molar-refractivity contribution in [3.8, 4) is 17.1 Å². The third-order valence-electron chi connectivity index (χ3n) is 2.70. The molecule has 0 bridgehead atoms. The van der Waals surface area contributed by atoms with Crippen LogP contribution in [0.1, 0.15) is 5.69 Å². The Balaban J connectivity index is 2.19. The number of H-pyrrole nitrogens is 2. The fourth-order valence-electron chi connectivity index (χ4n) is 1.93. The first-order valence-electron chi connectivity index (χ1n) is 5.64. The van der Waals surface area contributed by atoms with Crippen molar-refractivity contribution in [2.24, 2.45) is 0 Å². The maximum absolute atomic E-state index is 5.06. The fraction of sp³-hybridized carbons (Fsp3) is 0.0769. The van der Waals surface area contributed by atoms with Gasteiger partial charge in [0.2, 0.25) is 0 Å². The molecule has 0 saturated carbocycles. The van der Waals surface area contributed by atoms with Crippen molar-refractivity contribution in [2.45, 2.75) is 6.92 Å². The second-order valence-electron chi connectivity index (χ2n) is 4.07. The molecule has 90 valence electrons. The summed E-state index contributed by atoms with van der Waals surface area (Å²) in [5.41, 5.74) is 3.92. The highest BCUT2D eigenvalue weighted by molar-refractivity contribution is 7.71. The normalized spacial score (nSPS) is 10.7. The van der Waals surface area contributed by atoms with E-state index in [2.05, 4.69) is 15.1 Å². The van der Waals surface area contributed by atoms with Crippen LogP contribution in [0.25, 0.3) is 17.1 Å². The maximum atomic E-state index is 5.06. The zero-order valence-electron chi connectivity index (χ0n) is 9.84. The summed E-state index contributed by atoms with van der Waals surface area (Å²) in [6, 6.07) is 12.1. The molecule has 4 nitrogen and oxygen atoms in total. The van der Waals surface area contributed by atoms with E-state index in [1.54, 1.807) is 0 Å². The SMILES string of the molecule is Cc1cc(-c2c[nH]c(=S)[nH]2)n(-c2ccccc2)n1. The average Bonchev–Trinajstić information content (AvgIpc) is 2.96. The molecule has 3 aromatic rings. The van der Waals surface area contributed by atoms with E-state index in [9.17, 15) is 0 Å². The largest absolute Gasteiger partial charge is 0.337 e. The molecule has 0 amide bonds. The highest BCUT2D eigenvalue weighted by Crippen LogP contribution is 2.21. The minimum atomic E-state index is 0.614.